The van der Waals surface area contributed by atoms with Gasteiger partial charge in [0, 0.05) is 26.9 Å². The van der Waals surface area contributed by atoms with E-state index in [0.29, 0.717) is 6.61 Å². The number of carbonyl (C=O) groups is 1. The zero-order valence-electron chi connectivity index (χ0n) is 10.4. The minimum Gasteiger partial charge on any atom is -0.365 e. The molecule has 1 atom stereocenters. The van der Waals surface area contributed by atoms with Gasteiger partial charge in [-0.1, -0.05) is 5.22 Å². The van der Waals surface area contributed by atoms with Crippen LogP contribution in [0, 0.1) is 0 Å². The predicted octanol–water partition coefficient (Wildman–Crippen LogP) is 0.851. The molecule has 2 heterocycles. The van der Waals surface area contributed by atoms with Crippen LogP contribution < -0.4 is 5.73 Å². The van der Waals surface area contributed by atoms with Crippen LogP contribution in [0.3, 0.4) is 0 Å². The smallest absolute Gasteiger partial charge is 0.254 e. The van der Waals surface area contributed by atoms with E-state index in [9.17, 15) is 4.79 Å². The Balaban J connectivity index is 2.28. The van der Waals surface area contributed by atoms with Gasteiger partial charge in [0.1, 0.15) is 11.8 Å². The molecule has 1 aliphatic rings. The molecule has 0 aliphatic carbocycles. The van der Waals surface area contributed by atoms with E-state index >= 15 is 0 Å². The molecule has 0 radical (unpaired) electrons. The van der Waals surface area contributed by atoms with Gasteiger partial charge in [0.15, 0.2) is 0 Å². The van der Waals surface area contributed by atoms with Crippen LogP contribution in [0.2, 0.25) is 0 Å². The van der Waals surface area contributed by atoms with E-state index in [1.54, 1.807) is 25.0 Å². The summed E-state index contributed by atoms with van der Waals surface area (Å²) >= 11 is 0. The molecule has 0 unspecified atom stereocenters. The highest BCUT2D eigenvalue weighted by Gasteiger charge is 2.22. The first-order chi connectivity index (χ1) is 8.58. The van der Waals surface area contributed by atoms with Gasteiger partial charge in [-0.05, 0) is 12.8 Å². The van der Waals surface area contributed by atoms with Crippen LogP contribution in [0.5, 0.6) is 0 Å². The van der Waals surface area contributed by atoms with Crippen molar-refractivity contribution >= 4 is 11.7 Å². The Labute approximate surface area is 104 Å². The van der Waals surface area contributed by atoms with Gasteiger partial charge in [0.05, 0.1) is 0 Å². The van der Waals surface area contributed by atoms with Gasteiger partial charge in [0.2, 0.25) is 5.82 Å². The average Bonchev–Trinajstić information content (AvgIpc) is 2.94. The Morgan fingerprint density at radius 2 is 2.44 bits per heavy atom. The maximum atomic E-state index is 11.3. The first-order valence-electron chi connectivity index (χ1n) is 5.67. The number of carbonyl (C=O) groups excluding carboxylic acids is 1. The van der Waals surface area contributed by atoms with Crippen molar-refractivity contribution in [2.45, 2.75) is 19.1 Å². The number of hydrogen-bond acceptors (Lipinski definition) is 5. The first-order valence-corrected chi connectivity index (χ1v) is 5.67. The van der Waals surface area contributed by atoms with Crippen LogP contribution in [0.25, 0.3) is 0 Å². The Hall–Kier alpha value is -1.96. The molecule has 2 rings (SSSR count). The summed E-state index contributed by atoms with van der Waals surface area (Å²) in [6.07, 6.45) is 3.25. The maximum Gasteiger partial charge on any atom is 0.254 e. The molecular formula is C10H16N6O2. The van der Waals surface area contributed by atoms with E-state index in [0.717, 1.165) is 12.8 Å². The Bertz CT molecular complexity index is 461. The van der Waals surface area contributed by atoms with Crippen molar-refractivity contribution in [2.75, 3.05) is 20.7 Å². The second-order valence-electron chi connectivity index (χ2n) is 4.21. The van der Waals surface area contributed by atoms with Gasteiger partial charge in [-0.2, -0.15) is 0 Å². The largest absolute Gasteiger partial charge is 0.365 e. The highest BCUT2D eigenvalue weighted by molar-refractivity contribution is 5.96. The summed E-state index contributed by atoms with van der Waals surface area (Å²) in [6, 6.07) is 0. The molecule has 1 saturated heterocycles. The van der Waals surface area contributed by atoms with Gasteiger partial charge >= 0.3 is 0 Å². The van der Waals surface area contributed by atoms with Crippen molar-refractivity contribution in [1.29, 1.82) is 0 Å². The summed E-state index contributed by atoms with van der Waals surface area (Å²) in [5.74, 6) is -0.362. The molecule has 8 heteroatoms. The summed E-state index contributed by atoms with van der Waals surface area (Å²) in [6.45, 7) is 0.699. The standard InChI is InChI=1S/C10H16N6O2/c1-15(2)14-12-10-7(9(11)17)6-16(13-10)8-4-3-5-18-8/h6,8H,3-5H2,1-2H3,(H2,11,17)/t8-/m0/s1. The van der Waals surface area contributed by atoms with Crippen molar-refractivity contribution in [3.8, 4) is 0 Å². The maximum absolute atomic E-state index is 11.3. The van der Waals surface area contributed by atoms with Gasteiger partial charge in [-0.3, -0.25) is 9.80 Å². The van der Waals surface area contributed by atoms with Crippen LogP contribution in [0.4, 0.5) is 5.82 Å². The summed E-state index contributed by atoms with van der Waals surface area (Å²) in [7, 11) is 3.45. The molecule has 1 aliphatic heterocycles. The molecule has 2 N–H and O–H groups in total. The molecule has 0 spiro atoms. The molecule has 18 heavy (non-hydrogen) atoms. The molecule has 0 bridgehead atoms. The van der Waals surface area contributed by atoms with E-state index in [1.807, 2.05) is 0 Å². The van der Waals surface area contributed by atoms with Crippen molar-refractivity contribution in [2.24, 2.45) is 16.1 Å². The number of hydrogen-bond donors (Lipinski definition) is 1. The van der Waals surface area contributed by atoms with E-state index < -0.39 is 5.91 Å². The van der Waals surface area contributed by atoms with Crippen LogP contribution in [0.1, 0.15) is 29.4 Å². The van der Waals surface area contributed by atoms with Gasteiger partial charge < -0.3 is 10.5 Å². The fraction of sp³-hybridized carbons (Fsp3) is 0.600. The SMILES string of the molecule is CN(C)N=Nc1nn([C@@H]2CCCO2)cc1C(N)=O. The quantitative estimate of drug-likeness (QED) is 0.634. The average molecular weight is 252 g/mol. The Morgan fingerprint density at radius 1 is 1.67 bits per heavy atom. The molecule has 1 amide bonds. The normalized spacial score (nSPS) is 19.6. The van der Waals surface area contributed by atoms with Crippen LogP contribution in [-0.2, 0) is 4.74 Å². The fourth-order valence-electron chi connectivity index (χ4n) is 1.68. The third kappa shape index (κ3) is 2.65. The lowest BCUT2D eigenvalue weighted by atomic mass is 10.3. The molecule has 98 valence electrons. The molecule has 0 aromatic carbocycles. The van der Waals surface area contributed by atoms with Crippen molar-refractivity contribution in [3.05, 3.63) is 11.8 Å². The van der Waals surface area contributed by atoms with Crippen LogP contribution in [-0.4, -0.2) is 41.4 Å². The van der Waals surface area contributed by atoms with Crippen LogP contribution >= 0.6 is 0 Å². The molecule has 0 saturated carbocycles. The van der Waals surface area contributed by atoms with Crippen LogP contribution in [0.15, 0.2) is 16.5 Å². The molecule has 1 aromatic heterocycles. The van der Waals surface area contributed by atoms with Crippen molar-refractivity contribution in [1.82, 2.24) is 14.8 Å². The topological polar surface area (TPSA) is 98.1 Å². The Morgan fingerprint density at radius 3 is 3.00 bits per heavy atom. The third-order valence-corrected chi connectivity index (χ3v) is 2.50. The second kappa shape index (κ2) is 5.13. The minimum atomic E-state index is -0.577. The molecule has 8 nitrogen and oxygen atoms in total. The second-order valence-corrected chi connectivity index (χ2v) is 4.21. The lowest BCUT2D eigenvalue weighted by molar-refractivity contribution is 0.0468. The number of amides is 1. The first kappa shape index (κ1) is 12.5. The molecule has 1 fully saturated rings. The number of primary amides is 1. The molecular weight excluding hydrogens is 236 g/mol. The number of aromatic nitrogens is 2. The summed E-state index contributed by atoms with van der Waals surface area (Å²) in [5, 5.41) is 13.4. The fourth-order valence-corrected chi connectivity index (χ4v) is 1.68. The zero-order valence-corrected chi connectivity index (χ0v) is 10.4. The zero-order chi connectivity index (χ0) is 13.1. The van der Waals surface area contributed by atoms with Crippen molar-refractivity contribution in [3.63, 3.8) is 0 Å². The summed E-state index contributed by atoms with van der Waals surface area (Å²) in [4.78, 5) is 11.3. The van der Waals surface area contributed by atoms with E-state index in [2.05, 4.69) is 15.4 Å². The van der Waals surface area contributed by atoms with E-state index in [1.165, 1.54) is 5.01 Å². The summed E-state index contributed by atoms with van der Waals surface area (Å²) < 4.78 is 7.06. The van der Waals surface area contributed by atoms with E-state index in [-0.39, 0.29) is 17.6 Å². The Kier molecular flexibility index (Phi) is 3.56. The number of ether oxygens (including phenoxy) is 1. The number of nitrogens with two attached hydrogens (primary N) is 1. The third-order valence-electron chi connectivity index (χ3n) is 2.50. The monoisotopic (exact) mass is 252 g/mol. The minimum absolute atomic E-state index is 0.147. The van der Waals surface area contributed by atoms with E-state index in [4.69, 9.17) is 10.5 Å². The van der Waals surface area contributed by atoms with Gasteiger partial charge in [0.25, 0.3) is 5.91 Å². The number of nitrogens with zero attached hydrogens (tertiary/aromatic N) is 5. The predicted molar refractivity (Wildman–Crippen MR) is 63.2 cm³/mol. The molecule has 1 aromatic rings. The van der Waals surface area contributed by atoms with Gasteiger partial charge in [-0.25, -0.2) is 4.68 Å². The number of rotatable bonds is 4. The lowest BCUT2D eigenvalue weighted by Crippen LogP contribution is -2.11. The highest BCUT2D eigenvalue weighted by atomic mass is 16.5. The van der Waals surface area contributed by atoms with Crippen molar-refractivity contribution < 1.29 is 9.53 Å². The highest BCUT2D eigenvalue weighted by Crippen LogP contribution is 2.26. The lowest BCUT2D eigenvalue weighted by Gasteiger charge is -2.08. The van der Waals surface area contributed by atoms with Gasteiger partial charge in [-0.15, -0.1) is 10.2 Å². The summed E-state index contributed by atoms with van der Waals surface area (Å²) in [5.41, 5.74) is 5.53.